The minimum absolute atomic E-state index is 0.0905. The van der Waals surface area contributed by atoms with Crippen molar-refractivity contribution in [1.29, 1.82) is 0 Å². The summed E-state index contributed by atoms with van der Waals surface area (Å²) in [6, 6.07) is 2.88. The van der Waals surface area contributed by atoms with Gasteiger partial charge in [-0.2, -0.15) is 13.2 Å². The summed E-state index contributed by atoms with van der Waals surface area (Å²) in [5.74, 6) is 0.411. The fourth-order valence-electron chi connectivity index (χ4n) is 2.40. The van der Waals surface area contributed by atoms with Crippen LogP contribution in [0.25, 0.3) is 6.08 Å². The maximum Gasteiger partial charge on any atom is 0.417 e. The summed E-state index contributed by atoms with van der Waals surface area (Å²) in [5, 5.41) is 2.00. The lowest BCUT2D eigenvalue weighted by Gasteiger charge is -2.11. The van der Waals surface area contributed by atoms with Crippen molar-refractivity contribution in [2.45, 2.75) is 12.7 Å². The number of amides is 1. The van der Waals surface area contributed by atoms with Gasteiger partial charge in [-0.15, -0.1) is 6.42 Å². The highest BCUT2D eigenvalue weighted by molar-refractivity contribution is 7.92. The highest BCUT2D eigenvalue weighted by Gasteiger charge is 2.33. The molecule has 31 heavy (non-hydrogen) atoms. The van der Waals surface area contributed by atoms with Gasteiger partial charge in [0, 0.05) is 24.4 Å². The number of halogens is 5. The monoisotopic (exact) mass is 475 g/mol. The number of anilines is 1. The summed E-state index contributed by atoms with van der Waals surface area (Å²) in [6.07, 6.45) is 4.03. The van der Waals surface area contributed by atoms with Crippen molar-refractivity contribution in [3.05, 3.63) is 63.7 Å². The Kier molecular flexibility index (Phi) is 7.30. The fraction of sp³-hybridized carbons (Fsp3) is 0.158. The number of alkyl halides is 3. The van der Waals surface area contributed by atoms with Gasteiger partial charge < -0.3 is 5.32 Å². The van der Waals surface area contributed by atoms with Crippen LogP contribution in [0.15, 0.2) is 30.5 Å². The average molecular weight is 476 g/mol. The molecule has 0 bridgehead atoms. The third kappa shape index (κ3) is 6.97. The number of hydrogen-bond acceptors (Lipinski definition) is 4. The highest BCUT2D eigenvalue weighted by atomic mass is 35.5. The van der Waals surface area contributed by atoms with Crippen LogP contribution in [0.4, 0.5) is 23.2 Å². The van der Waals surface area contributed by atoms with Crippen LogP contribution in [-0.2, 0) is 27.5 Å². The van der Waals surface area contributed by atoms with E-state index in [9.17, 15) is 30.8 Å². The first-order chi connectivity index (χ1) is 14.3. The summed E-state index contributed by atoms with van der Waals surface area (Å²) in [4.78, 5) is 15.5. The predicted molar refractivity (Wildman–Crippen MR) is 108 cm³/mol. The lowest BCUT2D eigenvalue weighted by atomic mass is 10.1. The van der Waals surface area contributed by atoms with Crippen molar-refractivity contribution in [2.24, 2.45) is 0 Å². The van der Waals surface area contributed by atoms with Crippen molar-refractivity contribution in [2.75, 3.05) is 11.0 Å². The number of carbonyl (C=O) groups excluding carboxylic acids is 1. The molecule has 0 saturated heterocycles. The second kappa shape index (κ2) is 9.36. The number of rotatable bonds is 6. The van der Waals surface area contributed by atoms with Gasteiger partial charge in [0.05, 0.1) is 23.1 Å². The number of terminal acetylenes is 1. The molecule has 0 aliphatic carbocycles. The minimum atomic E-state index is -4.70. The molecule has 2 rings (SSSR count). The van der Waals surface area contributed by atoms with Crippen LogP contribution in [0.5, 0.6) is 0 Å². The van der Waals surface area contributed by atoms with Gasteiger partial charge in [0.2, 0.25) is 15.9 Å². The number of nitrogens with one attached hydrogen (secondary N) is 2. The first-order valence-electron chi connectivity index (χ1n) is 8.25. The van der Waals surface area contributed by atoms with Crippen LogP contribution < -0.4 is 10.0 Å². The lowest BCUT2D eigenvalue weighted by Crippen LogP contribution is -2.21. The first-order valence-corrected chi connectivity index (χ1v) is 10.5. The van der Waals surface area contributed by atoms with Crippen LogP contribution in [0.1, 0.15) is 22.3 Å². The third-order valence-corrected chi connectivity index (χ3v) is 4.46. The first kappa shape index (κ1) is 24.2. The van der Waals surface area contributed by atoms with E-state index in [0.29, 0.717) is 6.07 Å². The van der Waals surface area contributed by atoms with Crippen LogP contribution in [0.3, 0.4) is 0 Å². The van der Waals surface area contributed by atoms with E-state index in [-0.39, 0.29) is 28.4 Å². The molecule has 0 saturated carbocycles. The zero-order valence-corrected chi connectivity index (χ0v) is 17.3. The smallest absolute Gasteiger partial charge is 0.348 e. The molecule has 1 amide bonds. The Balaban J connectivity index is 2.15. The van der Waals surface area contributed by atoms with E-state index in [1.165, 1.54) is 6.07 Å². The van der Waals surface area contributed by atoms with E-state index in [2.05, 4.69) is 16.2 Å². The molecular formula is C19H14ClF4N3O3S. The summed E-state index contributed by atoms with van der Waals surface area (Å²) in [5.41, 5.74) is -1.73. The molecule has 1 aromatic carbocycles. The Morgan fingerprint density at radius 1 is 1.32 bits per heavy atom. The number of nitrogens with zero attached hydrogens (tertiary/aromatic N) is 1. The molecule has 0 fully saturated rings. The normalized spacial score (nSPS) is 11.9. The summed E-state index contributed by atoms with van der Waals surface area (Å²) in [7, 11) is -3.78. The Bertz CT molecular complexity index is 1190. The van der Waals surface area contributed by atoms with E-state index in [1.807, 2.05) is 4.72 Å². The van der Waals surface area contributed by atoms with Crippen molar-refractivity contribution < 1.29 is 30.8 Å². The van der Waals surface area contributed by atoms with Gasteiger partial charge in [0.25, 0.3) is 0 Å². The van der Waals surface area contributed by atoms with Crippen LogP contribution >= 0.6 is 11.6 Å². The van der Waals surface area contributed by atoms with Gasteiger partial charge in [0.1, 0.15) is 11.0 Å². The van der Waals surface area contributed by atoms with Crippen molar-refractivity contribution in [3.63, 3.8) is 0 Å². The van der Waals surface area contributed by atoms with Crippen LogP contribution in [-0.4, -0.2) is 25.6 Å². The molecule has 0 radical (unpaired) electrons. The topological polar surface area (TPSA) is 88.2 Å². The quantitative estimate of drug-likeness (QED) is 0.289. The molecular weight excluding hydrogens is 462 g/mol. The van der Waals surface area contributed by atoms with E-state index in [1.54, 1.807) is 0 Å². The molecule has 1 aromatic heterocycles. The Morgan fingerprint density at radius 2 is 2.00 bits per heavy atom. The van der Waals surface area contributed by atoms with E-state index < -0.39 is 39.2 Å². The van der Waals surface area contributed by atoms with Gasteiger partial charge in [-0.05, 0) is 29.8 Å². The third-order valence-electron chi connectivity index (χ3n) is 3.68. The molecule has 0 unspecified atom stereocenters. The fourth-order valence-corrected chi connectivity index (χ4v) is 3.14. The number of sulfonamides is 1. The number of benzene rings is 1. The number of hydrogen-bond donors (Lipinski definition) is 2. The average Bonchev–Trinajstić information content (AvgIpc) is 2.65. The standard InChI is InChI=1S/C19H14ClF4N3O3S/c1-3-12-6-11(7-15(21)18(12)27-31(2,29)30)9-26-17(28)5-4-13-10-25-16(20)8-14(13)19(22,23)24/h1,4-8,10,27H,9H2,2H3,(H,26,28). The molecule has 0 atom stereocenters. The molecule has 2 aromatic rings. The van der Waals surface area contributed by atoms with Crippen molar-refractivity contribution >= 4 is 39.3 Å². The zero-order valence-electron chi connectivity index (χ0n) is 15.7. The zero-order chi connectivity index (χ0) is 23.4. The van der Waals surface area contributed by atoms with E-state index in [0.717, 1.165) is 30.7 Å². The minimum Gasteiger partial charge on any atom is -0.348 e. The largest absolute Gasteiger partial charge is 0.417 e. The molecule has 0 aliphatic rings. The Morgan fingerprint density at radius 3 is 2.58 bits per heavy atom. The van der Waals surface area contributed by atoms with Gasteiger partial charge in [-0.1, -0.05) is 17.5 Å². The maximum atomic E-state index is 14.2. The second-order valence-electron chi connectivity index (χ2n) is 6.16. The second-order valence-corrected chi connectivity index (χ2v) is 8.30. The maximum absolute atomic E-state index is 14.2. The predicted octanol–water partition coefficient (Wildman–Crippen LogP) is 3.58. The molecule has 6 nitrogen and oxygen atoms in total. The molecule has 12 heteroatoms. The van der Waals surface area contributed by atoms with Crippen LogP contribution in [0.2, 0.25) is 5.15 Å². The molecule has 0 aliphatic heterocycles. The molecule has 2 N–H and O–H groups in total. The number of aromatic nitrogens is 1. The number of pyridine rings is 1. The van der Waals surface area contributed by atoms with Gasteiger partial charge in [-0.3, -0.25) is 9.52 Å². The van der Waals surface area contributed by atoms with Gasteiger partial charge in [-0.25, -0.2) is 17.8 Å². The summed E-state index contributed by atoms with van der Waals surface area (Å²) < 4.78 is 78.0. The van der Waals surface area contributed by atoms with Crippen molar-refractivity contribution in [3.8, 4) is 12.3 Å². The van der Waals surface area contributed by atoms with Gasteiger partial charge in [0.15, 0.2) is 0 Å². The SMILES string of the molecule is C#Cc1cc(CNC(=O)C=Cc2cnc(Cl)cc2C(F)(F)F)cc(F)c1NS(C)(=O)=O. The number of carbonyl (C=O) groups is 1. The molecule has 1 heterocycles. The highest BCUT2D eigenvalue weighted by Crippen LogP contribution is 2.33. The Labute approximate surface area is 180 Å². The lowest BCUT2D eigenvalue weighted by molar-refractivity contribution is -0.137. The van der Waals surface area contributed by atoms with Crippen LogP contribution in [0, 0.1) is 18.2 Å². The summed E-state index contributed by atoms with van der Waals surface area (Å²) in [6.45, 7) is -0.223. The Hall–Kier alpha value is -3.10. The molecule has 164 valence electrons. The van der Waals surface area contributed by atoms with Gasteiger partial charge >= 0.3 is 6.18 Å². The summed E-state index contributed by atoms with van der Waals surface area (Å²) >= 11 is 5.49. The van der Waals surface area contributed by atoms with E-state index in [4.69, 9.17) is 18.0 Å². The molecule has 0 spiro atoms. The van der Waals surface area contributed by atoms with Crippen molar-refractivity contribution in [1.82, 2.24) is 10.3 Å². The van der Waals surface area contributed by atoms with E-state index >= 15 is 0 Å².